The lowest BCUT2D eigenvalue weighted by molar-refractivity contribution is 0.975. The Bertz CT molecular complexity index is 837. The summed E-state index contributed by atoms with van der Waals surface area (Å²) >= 11 is 0. The maximum absolute atomic E-state index is 4.50. The van der Waals surface area contributed by atoms with Crippen LogP contribution < -0.4 is 9.80 Å². The lowest BCUT2D eigenvalue weighted by Crippen LogP contribution is -2.17. The molecular weight excluding hydrogens is 298 g/mol. The number of nitrogens with zero attached hydrogens (tertiary/aromatic N) is 5. The summed E-state index contributed by atoms with van der Waals surface area (Å²) in [6.45, 7) is 1.95. The van der Waals surface area contributed by atoms with Crippen molar-refractivity contribution in [3.05, 3.63) is 66.5 Å². The molecule has 5 nitrogen and oxygen atoms in total. The molecule has 3 aromatic rings. The third-order valence-corrected chi connectivity index (χ3v) is 4.90. The number of rotatable bonds is 2. The quantitative estimate of drug-likeness (QED) is 0.726. The van der Waals surface area contributed by atoms with Crippen molar-refractivity contribution in [3.63, 3.8) is 0 Å². The second kappa shape index (κ2) is 5.30. The Morgan fingerprint density at radius 2 is 1.21 bits per heavy atom. The fraction of sp³-hybridized carbons (Fsp3) is 0.211. The molecule has 0 unspecified atom stereocenters. The molecule has 0 spiro atoms. The van der Waals surface area contributed by atoms with E-state index in [1.165, 1.54) is 22.5 Å². The van der Waals surface area contributed by atoms with E-state index in [0.717, 1.165) is 37.3 Å². The number of pyridine rings is 3. The first kappa shape index (κ1) is 13.5. The van der Waals surface area contributed by atoms with Crippen molar-refractivity contribution < 1.29 is 0 Å². The van der Waals surface area contributed by atoms with Crippen LogP contribution in [0.3, 0.4) is 0 Å². The van der Waals surface area contributed by atoms with Crippen LogP contribution in [0.5, 0.6) is 0 Å². The molecule has 2 aliphatic heterocycles. The molecule has 0 aliphatic carbocycles. The predicted molar refractivity (Wildman–Crippen MR) is 94.1 cm³/mol. The van der Waals surface area contributed by atoms with Crippen molar-refractivity contribution in [3.8, 4) is 0 Å². The monoisotopic (exact) mass is 315 g/mol. The summed E-state index contributed by atoms with van der Waals surface area (Å²) in [6, 6.07) is 6.43. The summed E-state index contributed by atoms with van der Waals surface area (Å²) in [5.41, 5.74) is 7.34. The largest absolute Gasteiger partial charge is 0.338 e. The highest BCUT2D eigenvalue weighted by Crippen LogP contribution is 2.38. The molecule has 0 aromatic carbocycles. The van der Waals surface area contributed by atoms with Crippen molar-refractivity contribution >= 4 is 22.7 Å². The van der Waals surface area contributed by atoms with Crippen LogP contribution in [0.2, 0.25) is 0 Å². The average Bonchev–Trinajstić information content (AvgIpc) is 3.26. The Morgan fingerprint density at radius 3 is 1.75 bits per heavy atom. The number of anilines is 4. The SMILES string of the molecule is c1cc2c(cn1)N(c1cncc(N3CCc4ccncc43)c1)CC2. The predicted octanol–water partition coefficient (Wildman–Crippen LogP) is 3.26. The molecule has 5 heteroatoms. The molecule has 0 saturated heterocycles. The number of fused-ring (bicyclic) bond motifs is 2. The maximum Gasteiger partial charge on any atom is 0.0630 e. The Morgan fingerprint density at radius 1 is 0.667 bits per heavy atom. The molecule has 3 aromatic heterocycles. The molecule has 118 valence electrons. The molecule has 0 N–H and O–H groups in total. The molecule has 0 bridgehead atoms. The standard InChI is InChI=1S/C19H17N5/c1-5-20-12-18-14(1)3-7-23(18)16-9-17(11-22-10-16)24-8-4-15-2-6-21-13-19(15)24/h1-2,5-6,9-13H,3-4,7-8H2. The fourth-order valence-electron chi connectivity index (χ4n) is 3.69. The van der Waals surface area contributed by atoms with Crippen LogP contribution in [0.15, 0.2) is 55.4 Å². The maximum atomic E-state index is 4.50. The second-order valence-electron chi connectivity index (χ2n) is 6.21. The van der Waals surface area contributed by atoms with Gasteiger partial charge in [-0.2, -0.15) is 0 Å². The molecule has 5 heterocycles. The van der Waals surface area contributed by atoms with Crippen LogP contribution in [0.25, 0.3) is 0 Å². The second-order valence-corrected chi connectivity index (χ2v) is 6.21. The van der Waals surface area contributed by atoms with Crippen molar-refractivity contribution in [2.24, 2.45) is 0 Å². The van der Waals surface area contributed by atoms with Gasteiger partial charge in [0, 0.05) is 25.5 Å². The van der Waals surface area contributed by atoms with Crippen LogP contribution in [-0.2, 0) is 12.8 Å². The summed E-state index contributed by atoms with van der Waals surface area (Å²) in [7, 11) is 0. The Hall–Kier alpha value is -2.95. The van der Waals surface area contributed by atoms with E-state index in [-0.39, 0.29) is 0 Å². The highest BCUT2D eigenvalue weighted by Gasteiger charge is 2.24. The minimum atomic E-state index is 0.976. The van der Waals surface area contributed by atoms with E-state index >= 15 is 0 Å². The first-order chi connectivity index (χ1) is 11.9. The summed E-state index contributed by atoms with van der Waals surface area (Å²) in [6.07, 6.45) is 13.6. The fourth-order valence-corrected chi connectivity index (χ4v) is 3.69. The van der Waals surface area contributed by atoms with Gasteiger partial charge < -0.3 is 9.80 Å². The van der Waals surface area contributed by atoms with Gasteiger partial charge in [-0.15, -0.1) is 0 Å². The number of hydrogen-bond donors (Lipinski definition) is 0. The van der Waals surface area contributed by atoms with Crippen LogP contribution in [0.1, 0.15) is 11.1 Å². The number of aromatic nitrogens is 3. The van der Waals surface area contributed by atoms with E-state index in [4.69, 9.17) is 0 Å². The summed E-state index contributed by atoms with van der Waals surface area (Å²) in [5, 5.41) is 0. The van der Waals surface area contributed by atoms with Crippen molar-refractivity contribution in [1.82, 2.24) is 15.0 Å². The van der Waals surface area contributed by atoms with Gasteiger partial charge in [0.05, 0.1) is 47.5 Å². The zero-order valence-corrected chi connectivity index (χ0v) is 13.3. The van der Waals surface area contributed by atoms with Crippen LogP contribution in [0.4, 0.5) is 22.7 Å². The van der Waals surface area contributed by atoms with Gasteiger partial charge >= 0.3 is 0 Å². The molecule has 0 amide bonds. The molecule has 0 radical (unpaired) electrons. The summed E-state index contributed by atoms with van der Waals surface area (Å²) in [5.74, 6) is 0. The lowest BCUT2D eigenvalue weighted by Gasteiger charge is -2.23. The van der Waals surface area contributed by atoms with Crippen molar-refractivity contribution in [2.45, 2.75) is 12.8 Å². The molecule has 2 aliphatic rings. The third kappa shape index (κ3) is 2.05. The van der Waals surface area contributed by atoms with Gasteiger partial charge in [0.25, 0.3) is 0 Å². The summed E-state index contributed by atoms with van der Waals surface area (Å²) in [4.78, 5) is 17.7. The van der Waals surface area contributed by atoms with E-state index in [2.05, 4.69) is 43.0 Å². The average molecular weight is 315 g/mol. The van der Waals surface area contributed by atoms with Gasteiger partial charge in [0.1, 0.15) is 0 Å². The minimum Gasteiger partial charge on any atom is -0.338 e. The van der Waals surface area contributed by atoms with Crippen molar-refractivity contribution in [1.29, 1.82) is 0 Å². The van der Waals surface area contributed by atoms with E-state index in [9.17, 15) is 0 Å². The molecular formula is C19H17N5. The van der Waals surface area contributed by atoms with E-state index in [1.54, 1.807) is 0 Å². The topological polar surface area (TPSA) is 45.2 Å². The number of hydrogen-bond acceptors (Lipinski definition) is 5. The first-order valence-corrected chi connectivity index (χ1v) is 8.26. The Labute approximate surface area is 140 Å². The Balaban J connectivity index is 1.52. The summed E-state index contributed by atoms with van der Waals surface area (Å²) < 4.78 is 0. The molecule has 0 atom stereocenters. The van der Waals surface area contributed by atoms with Gasteiger partial charge in [0.15, 0.2) is 0 Å². The van der Waals surface area contributed by atoms with E-state index in [1.807, 2.05) is 37.2 Å². The van der Waals surface area contributed by atoms with Crippen LogP contribution in [-0.4, -0.2) is 28.0 Å². The van der Waals surface area contributed by atoms with Gasteiger partial charge in [-0.1, -0.05) is 0 Å². The van der Waals surface area contributed by atoms with Gasteiger partial charge in [-0.3, -0.25) is 15.0 Å². The highest BCUT2D eigenvalue weighted by molar-refractivity contribution is 5.74. The lowest BCUT2D eigenvalue weighted by atomic mass is 10.2. The van der Waals surface area contributed by atoms with E-state index in [0.29, 0.717) is 0 Å². The zero-order valence-electron chi connectivity index (χ0n) is 13.3. The van der Waals surface area contributed by atoms with Crippen molar-refractivity contribution in [2.75, 3.05) is 22.9 Å². The van der Waals surface area contributed by atoms with Gasteiger partial charge in [-0.25, -0.2) is 0 Å². The molecule has 0 fully saturated rings. The van der Waals surface area contributed by atoms with Crippen LogP contribution in [0, 0.1) is 0 Å². The Kier molecular flexibility index (Phi) is 2.98. The molecule has 5 rings (SSSR count). The minimum absolute atomic E-state index is 0.976. The van der Waals surface area contributed by atoms with Crippen LogP contribution >= 0.6 is 0 Å². The zero-order chi connectivity index (χ0) is 15.9. The molecule has 0 saturated carbocycles. The third-order valence-electron chi connectivity index (χ3n) is 4.90. The normalized spacial score (nSPS) is 15.5. The van der Waals surface area contributed by atoms with E-state index < -0.39 is 0 Å². The van der Waals surface area contributed by atoms with Gasteiger partial charge in [0.2, 0.25) is 0 Å². The smallest absolute Gasteiger partial charge is 0.0630 e. The molecule has 24 heavy (non-hydrogen) atoms. The first-order valence-electron chi connectivity index (χ1n) is 8.26. The highest BCUT2D eigenvalue weighted by atomic mass is 15.2. The van der Waals surface area contributed by atoms with Gasteiger partial charge in [-0.05, 0) is 42.2 Å².